The van der Waals surface area contributed by atoms with Gasteiger partial charge in [0, 0.05) is 7.11 Å². The number of hydrogen-bond donors (Lipinski definition) is 1. The molecule has 120 valence electrons. The molecule has 0 aliphatic heterocycles. The van der Waals surface area contributed by atoms with Gasteiger partial charge in [0.2, 0.25) is 0 Å². The van der Waals surface area contributed by atoms with Crippen LogP contribution in [0.15, 0.2) is 41.5 Å². The molecule has 0 heterocycles. The minimum Gasteiger partial charge on any atom is -0.481 e. The van der Waals surface area contributed by atoms with Crippen LogP contribution in [-0.4, -0.2) is 24.3 Å². The van der Waals surface area contributed by atoms with E-state index in [1.807, 2.05) is 18.2 Å². The van der Waals surface area contributed by atoms with Crippen LogP contribution in [0.3, 0.4) is 0 Å². The first-order chi connectivity index (χ1) is 10.4. The molecule has 0 bridgehead atoms. The Morgan fingerprint density at radius 1 is 1.27 bits per heavy atom. The lowest BCUT2D eigenvalue weighted by Crippen LogP contribution is -2.41. The van der Waals surface area contributed by atoms with E-state index in [9.17, 15) is 9.90 Å². The number of methoxy groups -OCH3 is 1. The maximum atomic E-state index is 11.7. The average Bonchev–Trinajstić information content (AvgIpc) is 2.47. The number of hydrogen-bond acceptors (Lipinski definition) is 2. The van der Waals surface area contributed by atoms with Gasteiger partial charge < -0.3 is 9.84 Å². The predicted octanol–water partition coefficient (Wildman–Crippen LogP) is 4.08. The zero-order valence-corrected chi connectivity index (χ0v) is 13.9. The molecule has 2 atom stereocenters. The summed E-state index contributed by atoms with van der Waals surface area (Å²) in [5.74, 6) is -1.12. The predicted molar refractivity (Wildman–Crippen MR) is 87.8 cm³/mol. The first-order valence-corrected chi connectivity index (χ1v) is 7.87. The summed E-state index contributed by atoms with van der Waals surface area (Å²) in [6.45, 7) is 6.21. The van der Waals surface area contributed by atoms with Crippen molar-refractivity contribution in [3.8, 4) is 0 Å². The van der Waals surface area contributed by atoms with Crippen LogP contribution in [0.2, 0.25) is 0 Å². The Kier molecular flexibility index (Phi) is 5.07. The third kappa shape index (κ3) is 3.25. The Morgan fingerprint density at radius 2 is 1.91 bits per heavy atom. The van der Waals surface area contributed by atoms with Crippen LogP contribution < -0.4 is 0 Å². The quantitative estimate of drug-likeness (QED) is 0.834. The molecule has 3 nitrogen and oxygen atoms in total. The highest BCUT2D eigenvalue weighted by molar-refractivity contribution is 5.72. The zero-order valence-electron chi connectivity index (χ0n) is 13.9. The summed E-state index contributed by atoms with van der Waals surface area (Å²) in [5.41, 5.74) is 3.40. The first kappa shape index (κ1) is 16.8. The monoisotopic (exact) mass is 302 g/mol. The molecular weight excluding hydrogens is 276 g/mol. The van der Waals surface area contributed by atoms with E-state index in [0.29, 0.717) is 6.42 Å². The SMILES string of the molecule is CO[C@H]1C[C@@H](C(=O)O)C(C)(C)C(CCc2ccccc2)=C1C. The van der Waals surface area contributed by atoms with Crippen molar-refractivity contribution >= 4 is 5.97 Å². The van der Waals surface area contributed by atoms with Crippen LogP contribution in [0.25, 0.3) is 0 Å². The molecular formula is C19H26O3. The standard InChI is InChI=1S/C19H26O3/c1-13-15(11-10-14-8-6-5-7-9-14)19(2,3)16(18(20)21)12-17(13)22-4/h5-9,16-17H,10-12H2,1-4H3,(H,20,21)/t16-,17-/m0/s1. The Labute approximate surface area is 133 Å². The van der Waals surface area contributed by atoms with E-state index < -0.39 is 11.9 Å². The van der Waals surface area contributed by atoms with Crippen molar-refractivity contribution in [3.63, 3.8) is 0 Å². The number of carboxylic acids is 1. The summed E-state index contributed by atoms with van der Waals surface area (Å²) in [5, 5.41) is 9.60. The van der Waals surface area contributed by atoms with Gasteiger partial charge in [0.05, 0.1) is 12.0 Å². The third-order valence-corrected chi connectivity index (χ3v) is 5.15. The van der Waals surface area contributed by atoms with Crippen LogP contribution in [-0.2, 0) is 16.0 Å². The summed E-state index contributed by atoms with van der Waals surface area (Å²) in [7, 11) is 1.67. The fraction of sp³-hybridized carbons (Fsp3) is 0.526. The van der Waals surface area contributed by atoms with E-state index in [0.717, 1.165) is 12.8 Å². The molecule has 0 aromatic heterocycles. The molecule has 1 aliphatic rings. The van der Waals surface area contributed by atoms with Crippen molar-refractivity contribution in [2.45, 2.75) is 46.1 Å². The fourth-order valence-electron chi connectivity index (χ4n) is 3.71. The summed E-state index contributed by atoms with van der Waals surface area (Å²) < 4.78 is 5.54. The van der Waals surface area contributed by atoms with Gasteiger partial charge in [0.15, 0.2) is 0 Å². The second-order valence-electron chi connectivity index (χ2n) is 6.72. The first-order valence-electron chi connectivity index (χ1n) is 7.87. The molecule has 1 aromatic carbocycles. The minimum atomic E-state index is -0.725. The van der Waals surface area contributed by atoms with Gasteiger partial charge in [-0.2, -0.15) is 0 Å². The van der Waals surface area contributed by atoms with Crippen molar-refractivity contribution < 1.29 is 14.6 Å². The van der Waals surface area contributed by atoms with Gasteiger partial charge in [-0.25, -0.2) is 0 Å². The summed E-state index contributed by atoms with van der Waals surface area (Å²) in [4.78, 5) is 11.7. The largest absolute Gasteiger partial charge is 0.481 e. The fourth-order valence-corrected chi connectivity index (χ4v) is 3.71. The van der Waals surface area contributed by atoms with Crippen LogP contribution in [0.4, 0.5) is 0 Å². The van der Waals surface area contributed by atoms with Gasteiger partial charge in [-0.3, -0.25) is 4.79 Å². The van der Waals surface area contributed by atoms with E-state index in [2.05, 4.69) is 32.9 Å². The molecule has 0 fully saturated rings. The summed E-state index contributed by atoms with van der Waals surface area (Å²) >= 11 is 0. The number of benzene rings is 1. The van der Waals surface area contributed by atoms with E-state index in [1.54, 1.807) is 7.11 Å². The summed E-state index contributed by atoms with van der Waals surface area (Å²) in [6, 6.07) is 10.3. The molecule has 0 radical (unpaired) electrons. The topological polar surface area (TPSA) is 46.5 Å². The number of carboxylic acid groups (broad SMARTS) is 1. The molecule has 0 amide bonds. The van der Waals surface area contributed by atoms with Gasteiger partial charge in [-0.15, -0.1) is 0 Å². The molecule has 0 saturated carbocycles. The number of ether oxygens (including phenoxy) is 1. The number of aryl methyl sites for hydroxylation is 1. The van der Waals surface area contributed by atoms with E-state index in [4.69, 9.17) is 4.74 Å². The molecule has 0 saturated heterocycles. The highest BCUT2D eigenvalue weighted by Gasteiger charge is 2.44. The highest BCUT2D eigenvalue weighted by atomic mass is 16.5. The Bertz CT molecular complexity index is 557. The molecule has 1 N–H and O–H groups in total. The second-order valence-corrected chi connectivity index (χ2v) is 6.72. The minimum absolute atomic E-state index is 0.0834. The van der Waals surface area contributed by atoms with Crippen molar-refractivity contribution in [1.29, 1.82) is 0 Å². The van der Waals surface area contributed by atoms with Crippen molar-refractivity contribution in [2.24, 2.45) is 11.3 Å². The molecule has 0 spiro atoms. The van der Waals surface area contributed by atoms with Gasteiger partial charge >= 0.3 is 5.97 Å². The van der Waals surface area contributed by atoms with Crippen LogP contribution in [0.1, 0.15) is 39.2 Å². The van der Waals surface area contributed by atoms with Gasteiger partial charge in [-0.1, -0.05) is 49.8 Å². The van der Waals surface area contributed by atoms with Gasteiger partial charge in [-0.05, 0) is 42.7 Å². The zero-order chi connectivity index (χ0) is 16.3. The molecule has 22 heavy (non-hydrogen) atoms. The summed E-state index contributed by atoms with van der Waals surface area (Å²) in [6.07, 6.45) is 2.28. The molecule has 2 rings (SSSR count). The van der Waals surface area contributed by atoms with Crippen LogP contribution in [0, 0.1) is 11.3 Å². The normalized spacial score (nSPS) is 24.4. The molecule has 3 heteroatoms. The highest BCUT2D eigenvalue weighted by Crippen LogP contribution is 2.47. The number of aliphatic carboxylic acids is 1. The average molecular weight is 302 g/mol. The smallest absolute Gasteiger partial charge is 0.307 e. The van der Waals surface area contributed by atoms with E-state index in [1.165, 1.54) is 16.7 Å². The second kappa shape index (κ2) is 6.66. The van der Waals surface area contributed by atoms with Crippen molar-refractivity contribution in [3.05, 3.63) is 47.0 Å². The maximum Gasteiger partial charge on any atom is 0.307 e. The third-order valence-electron chi connectivity index (χ3n) is 5.15. The Hall–Kier alpha value is -1.61. The molecule has 1 aliphatic carbocycles. The van der Waals surface area contributed by atoms with Gasteiger partial charge in [0.1, 0.15) is 0 Å². The maximum absolute atomic E-state index is 11.7. The van der Waals surface area contributed by atoms with E-state index in [-0.39, 0.29) is 11.5 Å². The molecule has 1 aromatic rings. The van der Waals surface area contributed by atoms with Crippen molar-refractivity contribution in [1.82, 2.24) is 0 Å². The lowest BCUT2D eigenvalue weighted by molar-refractivity contribution is -0.147. The number of allylic oxidation sites excluding steroid dienone is 1. The number of carbonyl (C=O) groups is 1. The van der Waals surface area contributed by atoms with Crippen LogP contribution in [0.5, 0.6) is 0 Å². The lowest BCUT2D eigenvalue weighted by Gasteiger charge is -2.42. The van der Waals surface area contributed by atoms with E-state index >= 15 is 0 Å². The molecule has 0 unspecified atom stereocenters. The Morgan fingerprint density at radius 3 is 2.45 bits per heavy atom. The number of rotatable bonds is 5. The van der Waals surface area contributed by atoms with Gasteiger partial charge in [0.25, 0.3) is 0 Å². The van der Waals surface area contributed by atoms with Crippen molar-refractivity contribution in [2.75, 3.05) is 7.11 Å². The van der Waals surface area contributed by atoms with Crippen LogP contribution >= 0.6 is 0 Å². The Balaban J connectivity index is 2.29. The lowest BCUT2D eigenvalue weighted by atomic mass is 9.63.